The van der Waals surface area contributed by atoms with Crippen molar-refractivity contribution in [2.45, 2.75) is 30.6 Å². The number of rotatable bonds is 3. The van der Waals surface area contributed by atoms with Crippen molar-refractivity contribution >= 4 is 27.1 Å². The molecule has 0 radical (unpaired) electrons. The lowest BCUT2D eigenvalue weighted by Crippen LogP contribution is -2.39. The Kier molecular flexibility index (Phi) is 4.24. The summed E-state index contributed by atoms with van der Waals surface area (Å²) < 4.78 is 23.7. The Balaban J connectivity index is 1.84. The van der Waals surface area contributed by atoms with E-state index in [1.165, 1.54) is 23.8 Å². The molecule has 1 aliphatic rings. The van der Waals surface area contributed by atoms with Crippen LogP contribution in [-0.2, 0) is 9.84 Å². The van der Waals surface area contributed by atoms with E-state index >= 15 is 0 Å². The highest BCUT2D eigenvalue weighted by Gasteiger charge is 2.30. The van der Waals surface area contributed by atoms with Crippen molar-refractivity contribution in [3.05, 3.63) is 28.0 Å². The van der Waals surface area contributed by atoms with E-state index in [-0.39, 0.29) is 16.7 Å². The first-order valence-electron chi connectivity index (χ1n) is 7.30. The minimum atomic E-state index is -3.33. The number of aryl methyl sites for hydroxylation is 1. The van der Waals surface area contributed by atoms with Gasteiger partial charge >= 0.3 is 0 Å². The predicted molar refractivity (Wildman–Crippen MR) is 86.4 cm³/mol. The highest BCUT2D eigenvalue weighted by Crippen LogP contribution is 2.31. The fourth-order valence-corrected chi connectivity index (χ4v) is 4.55. The summed E-state index contributed by atoms with van der Waals surface area (Å²) in [5.41, 5.74) is 3.01. The zero-order valence-electron chi connectivity index (χ0n) is 12.9. The van der Waals surface area contributed by atoms with Gasteiger partial charge in [-0.15, -0.1) is 11.3 Å². The number of nitrogens with one attached hydrogen (secondary N) is 1. The van der Waals surface area contributed by atoms with Crippen LogP contribution in [0.1, 0.15) is 39.8 Å². The van der Waals surface area contributed by atoms with Crippen LogP contribution in [0.5, 0.6) is 0 Å². The molecule has 0 spiro atoms. The molecule has 1 fully saturated rings. The van der Waals surface area contributed by atoms with Crippen LogP contribution in [0.4, 0.5) is 0 Å². The van der Waals surface area contributed by atoms with Crippen LogP contribution < -0.4 is 0 Å². The van der Waals surface area contributed by atoms with Gasteiger partial charge in [0.1, 0.15) is 9.77 Å². The third-order valence-corrected chi connectivity index (χ3v) is 6.13. The Labute approximate surface area is 138 Å². The van der Waals surface area contributed by atoms with Crippen LogP contribution >= 0.6 is 11.3 Å². The predicted octanol–water partition coefficient (Wildman–Crippen LogP) is 1.60. The number of hydrogen-bond donors (Lipinski definition) is 1. The van der Waals surface area contributed by atoms with E-state index in [2.05, 4.69) is 15.2 Å². The Bertz CT molecular complexity index is 825. The highest BCUT2D eigenvalue weighted by molar-refractivity contribution is 7.90. The fourth-order valence-electron chi connectivity index (χ4n) is 2.92. The second-order valence-corrected chi connectivity index (χ2v) is 8.62. The van der Waals surface area contributed by atoms with Gasteiger partial charge in [0, 0.05) is 25.3 Å². The molecule has 2 aromatic rings. The van der Waals surface area contributed by atoms with Crippen molar-refractivity contribution in [2.24, 2.45) is 0 Å². The van der Waals surface area contributed by atoms with Crippen LogP contribution in [0.2, 0.25) is 0 Å². The van der Waals surface area contributed by atoms with Crippen molar-refractivity contribution in [1.82, 2.24) is 20.1 Å². The van der Waals surface area contributed by atoms with Crippen molar-refractivity contribution in [2.75, 3.05) is 19.3 Å². The molecule has 1 unspecified atom stereocenters. The molecule has 23 heavy (non-hydrogen) atoms. The molecular weight excluding hydrogens is 336 g/mol. The van der Waals surface area contributed by atoms with E-state index in [1.54, 1.807) is 10.4 Å². The molecule has 7 nitrogen and oxygen atoms in total. The maximum absolute atomic E-state index is 12.6. The van der Waals surface area contributed by atoms with Gasteiger partial charge in [-0.1, -0.05) is 0 Å². The molecule has 3 heterocycles. The summed E-state index contributed by atoms with van der Waals surface area (Å²) in [5, 5.41) is 6.69. The van der Waals surface area contributed by atoms with Crippen LogP contribution in [0.3, 0.4) is 0 Å². The fraction of sp³-hybridized carbons (Fsp3) is 0.500. The smallest absolute Gasteiger partial charge is 0.265 e. The molecule has 3 rings (SSSR count). The average molecular weight is 354 g/mol. The lowest BCUT2D eigenvalue weighted by atomic mass is 9.94. The normalized spacial score (nSPS) is 19.0. The summed E-state index contributed by atoms with van der Waals surface area (Å²) in [7, 11) is -3.33. The van der Waals surface area contributed by atoms with Gasteiger partial charge in [0.05, 0.1) is 23.1 Å². The minimum absolute atomic E-state index is 0.0323. The van der Waals surface area contributed by atoms with Gasteiger partial charge in [-0.05, 0) is 19.8 Å². The SMILES string of the molecule is Cc1ncsc1C(=O)N1CCCC(c2[nH]ncc2S(C)(=O)=O)C1. The van der Waals surface area contributed by atoms with Crippen LogP contribution in [0, 0.1) is 6.92 Å². The monoisotopic (exact) mass is 354 g/mol. The van der Waals surface area contributed by atoms with Crippen molar-refractivity contribution in [1.29, 1.82) is 0 Å². The topological polar surface area (TPSA) is 96.0 Å². The van der Waals surface area contributed by atoms with E-state index in [0.29, 0.717) is 23.7 Å². The van der Waals surface area contributed by atoms with Crippen LogP contribution in [0.15, 0.2) is 16.6 Å². The van der Waals surface area contributed by atoms with Crippen molar-refractivity contribution in [3.8, 4) is 0 Å². The standard InChI is InChI=1S/C14H18N4O3S2/c1-9-13(22-8-15-9)14(19)18-5-3-4-10(7-18)12-11(6-16-17-12)23(2,20)21/h6,8,10H,3-5,7H2,1-2H3,(H,16,17). The van der Waals surface area contributed by atoms with Gasteiger partial charge in [0.25, 0.3) is 5.91 Å². The Hall–Kier alpha value is -1.74. The van der Waals surface area contributed by atoms with Crippen LogP contribution in [0.25, 0.3) is 0 Å². The molecule has 1 N–H and O–H groups in total. The average Bonchev–Trinajstić information content (AvgIpc) is 3.15. The number of likely N-dealkylation sites (tertiary alicyclic amines) is 1. The Morgan fingerprint density at radius 3 is 2.91 bits per heavy atom. The van der Waals surface area contributed by atoms with E-state index in [0.717, 1.165) is 18.5 Å². The Morgan fingerprint density at radius 1 is 1.48 bits per heavy atom. The molecular formula is C14H18N4O3S2. The van der Waals surface area contributed by atoms with Gasteiger partial charge < -0.3 is 4.90 Å². The third-order valence-electron chi connectivity index (χ3n) is 4.09. The molecule has 0 aromatic carbocycles. The summed E-state index contributed by atoms with van der Waals surface area (Å²) in [4.78, 5) is 19.4. The molecule has 2 aromatic heterocycles. The lowest BCUT2D eigenvalue weighted by molar-refractivity contribution is 0.0709. The number of H-pyrrole nitrogens is 1. The third kappa shape index (κ3) is 3.16. The zero-order chi connectivity index (χ0) is 16.6. The van der Waals surface area contributed by atoms with E-state index in [1.807, 2.05) is 6.92 Å². The molecule has 9 heteroatoms. The highest BCUT2D eigenvalue weighted by atomic mass is 32.2. The second kappa shape index (κ2) is 6.04. The first kappa shape index (κ1) is 16.1. The number of piperidine rings is 1. The first-order valence-corrected chi connectivity index (χ1v) is 10.1. The number of aromatic amines is 1. The summed E-state index contributed by atoms with van der Waals surface area (Å²) in [6.45, 7) is 2.98. The molecule has 0 aliphatic carbocycles. The largest absolute Gasteiger partial charge is 0.337 e. The minimum Gasteiger partial charge on any atom is -0.337 e. The summed E-state index contributed by atoms with van der Waals surface area (Å²) >= 11 is 1.34. The van der Waals surface area contributed by atoms with Crippen molar-refractivity contribution < 1.29 is 13.2 Å². The van der Waals surface area contributed by atoms with Gasteiger partial charge in [-0.25, -0.2) is 13.4 Å². The number of aromatic nitrogens is 3. The number of nitrogens with zero attached hydrogens (tertiary/aromatic N) is 3. The van der Waals surface area contributed by atoms with E-state index in [9.17, 15) is 13.2 Å². The molecule has 1 aliphatic heterocycles. The van der Waals surface area contributed by atoms with Gasteiger partial charge in [0.2, 0.25) is 0 Å². The first-order chi connectivity index (χ1) is 10.9. The maximum Gasteiger partial charge on any atom is 0.265 e. The molecule has 0 saturated carbocycles. The Morgan fingerprint density at radius 2 is 2.26 bits per heavy atom. The summed E-state index contributed by atoms with van der Waals surface area (Å²) in [6, 6.07) is 0. The molecule has 1 atom stereocenters. The van der Waals surface area contributed by atoms with Crippen LogP contribution in [-0.4, -0.2) is 53.8 Å². The van der Waals surface area contributed by atoms with Gasteiger partial charge in [0.15, 0.2) is 9.84 Å². The van der Waals surface area contributed by atoms with E-state index < -0.39 is 9.84 Å². The number of amides is 1. The number of carbonyl (C=O) groups is 1. The zero-order valence-corrected chi connectivity index (χ0v) is 14.6. The summed E-state index contributed by atoms with van der Waals surface area (Å²) in [5.74, 6) is -0.0803. The maximum atomic E-state index is 12.6. The number of sulfone groups is 1. The molecule has 0 bridgehead atoms. The number of carbonyl (C=O) groups excluding carboxylic acids is 1. The second-order valence-electron chi connectivity index (χ2n) is 5.78. The quantitative estimate of drug-likeness (QED) is 0.903. The number of thiazole rings is 1. The number of hydrogen-bond acceptors (Lipinski definition) is 6. The van der Waals surface area contributed by atoms with E-state index in [4.69, 9.17) is 0 Å². The molecule has 124 valence electrons. The lowest BCUT2D eigenvalue weighted by Gasteiger charge is -2.32. The molecule has 1 saturated heterocycles. The summed E-state index contributed by atoms with van der Waals surface area (Å²) in [6.07, 6.45) is 4.18. The molecule has 1 amide bonds. The van der Waals surface area contributed by atoms with Gasteiger partial charge in [-0.3, -0.25) is 9.89 Å². The van der Waals surface area contributed by atoms with Crippen molar-refractivity contribution in [3.63, 3.8) is 0 Å². The van der Waals surface area contributed by atoms with Gasteiger partial charge in [-0.2, -0.15) is 5.10 Å².